The molecule has 0 saturated heterocycles. The number of nitrogens with zero attached hydrogens (tertiary/aromatic N) is 1. The smallest absolute Gasteiger partial charge is 0.0541 e. The van der Waals surface area contributed by atoms with Crippen molar-refractivity contribution in [3.8, 4) is 50.2 Å². The summed E-state index contributed by atoms with van der Waals surface area (Å²) in [4.78, 5) is 0. The van der Waals surface area contributed by atoms with Gasteiger partial charge in [0.25, 0.3) is 0 Å². The normalized spacial score (nSPS) is 11.8. The standard InChI is InChI=1S/C62H39N/c1-3-18-40(19-4-1)44-31-17-32-45(41-35-37-59-57(38-41)51-26-15-16-33-58(51)63(59)43-20-5-2-6-21-43)61(44)62-54-29-13-11-27-52(54)60(53-28-12-14-30-55(53)62)42-34-36-50-48-24-8-7-22-46(48)47-23-9-10-25-49(47)56(50)39-42/h1-39H. The molecule has 63 heavy (non-hydrogen) atoms. The minimum Gasteiger partial charge on any atom is -0.309 e. The molecule has 0 unspecified atom stereocenters. The van der Waals surface area contributed by atoms with Gasteiger partial charge in [0, 0.05) is 16.5 Å². The van der Waals surface area contributed by atoms with Crippen LogP contribution >= 0.6 is 0 Å². The highest BCUT2D eigenvalue weighted by Gasteiger charge is 2.23. The number of hydrogen-bond acceptors (Lipinski definition) is 0. The molecule has 0 radical (unpaired) electrons. The van der Waals surface area contributed by atoms with Crippen molar-refractivity contribution in [1.82, 2.24) is 4.57 Å². The van der Waals surface area contributed by atoms with Gasteiger partial charge in [0.15, 0.2) is 0 Å². The fourth-order valence-corrected chi connectivity index (χ4v) is 10.7. The summed E-state index contributed by atoms with van der Waals surface area (Å²) in [6.45, 7) is 0. The van der Waals surface area contributed by atoms with Gasteiger partial charge in [0.2, 0.25) is 0 Å². The van der Waals surface area contributed by atoms with E-state index in [9.17, 15) is 0 Å². The third-order valence-electron chi connectivity index (χ3n) is 13.4. The lowest BCUT2D eigenvalue weighted by atomic mass is 9.80. The first-order valence-corrected chi connectivity index (χ1v) is 21.8. The number of para-hydroxylation sites is 2. The van der Waals surface area contributed by atoms with E-state index >= 15 is 0 Å². The van der Waals surface area contributed by atoms with Crippen molar-refractivity contribution >= 4 is 75.7 Å². The zero-order chi connectivity index (χ0) is 41.4. The Hall–Kier alpha value is -8.26. The Bertz CT molecular complexity index is 3860. The average Bonchev–Trinajstić information content (AvgIpc) is 3.69. The zero-order valence-corrected chi connectivity index (χ0v) is 34.5. The lowest BCUT2D eigenvalue weighted by Crippen LogP contribution is -1.96. The topological polar surface area (TPSA) is 4.93 Å². The minimum absolute atomic E-state index is 1.16. The summed E-state index contributed by atoms with van der Waals surface area (Å²) in [7, 11) is 0. The third-order valence-corrected chi connectivity index (χ3v) is 13.4. The minimum atomic E-state index is 1.16. The highest BCUT2D eigenvalue weighted by atomic mass is 15.0. The number of hydrogen-bond donors (Lipinski definition) is 0. The Morgan fingerprint density at radius 3 is 1.25 bits per heavy atom. The summed E-state index contributed by atoms with van der Waals surface area (Å²) in [5, 5.41) is 15.2. The van der Waals surface area contributed by atoms with E-state index in [4.69, 9.17) is 0 Å². The molecule has 0 atom stereocenters. The van der Waals surface area contributed by atoms with E-state index in [1.54, 1.807) is 0 Å². The molecule has 0 aliphatic rings. The van der Waals surface area contributed by atoms with E-state index in [0.717, 1.165) is 5.69 Å². The quantitative estimate of drug-likeness (QED) is 0.121. The largest absolute Gasteiger partial charge is 0.309 e. The van der Waals surface area contributed by atoms with Gasteiger partial charge in [-0.2, -0.15) is 0 Å². The molecule has 0 amide bonds. The fourth-order valence-electron chi connectivity index (χ4n) is 10.7. The van der Waals surface area contributed by atoms with E-state index in [2.05, 4.69) is 241 Å². The van der Waals surface area contributed by atoms with Gasteiger partial charge in [-0.25, -0.2) is 0 Å². The van der Waals surface area contributed by atoms with Crippen LogP contribution in [0, 0.1) is 0 Å². The zero-order valence-electron chi connectivity index (χ0n) is 34.5. The Morgan fingerprint density at radius 2 is 0.635 bits per heavy atom. The summed E-state index contributed by atoms with van der Waals surface area (Å²) >= 11 is 0. The predicted molar refractivity (Wildman–Crippen MR) is 270 cm³/mol. The van der Waals surface area contributed by atoms with Crippen molar-refractivity contribution in [2.24, 2.45) is 0 Å². The second-order valence-electron chi connectivity index (χ2n) is 16.7. The van der Waals surface area contributed by atoms with Gasteiger partial charge in [-0.15, -0.1) is 0 Å². The molecule has 0 aliphatic carbocycles. The molecule has 0 saturated carbocycles. The van der Waals surface area contributed by atoms with Gasteiger partial charge in [0.05, 0.1) is 11.0 Å². The molecule has 0 spiro atoms. The van der Waals surface area contributed by atoms with Crippen LogP contribution in [0.2, 0.25) is 0 Å². The van der Waals surface area contributed by atoms with Crippen LogP contribution in [0.3, 0.4) is 0 Å². The van der Waals surface area contributed by atoms with Crippen LogP contribution in [0.5, 0.6) is 0 Å². The van der Waals surface area contributed by atoms with Crippen molar-refractivity contribution in [1.29, 1.82) is 0 Å². The molecular weight excluding hydrogens is 759 g/mol. The van der Waals surface area contributed by atoms with Crippen LogP contribution in [0.4, 0.5) is 0 Å². The number of fused-ring (bicyclic) bond motifs is 11. The second kappa shape index (κ2) is 14.2. The van der Waals surface area contributed by atoms with Crippen LogP contribution < -0.4 is 0 Å². The van der Waals surface area contributed by atoms with Crippen molar-refractivity contribution < 1.29 is 0 Å². The molecule has 13 aromatic rings. The van der Waals surface area contributed by atoms with Crippen LogP contribution in [-0.2, 0) is 0 Å². The third kappa shape index (κ3) is 5.43. The van der Waals surface area contributed by atoms with Crippen LogP contribution in [0.1, 0.15) is 0 Å². The Balaban J connectivity index is 1.11. The maximum absolute atomic E-state index is 2.45. The van der Waals surface area contributed by atoms with E-state index in [-0.39, 0.29) is 0 Å². The highest BCUT2D eigenvalue weighted by molar-refractivity contribution is 6.28. The van der Waals surface area contributed by atoms with Gasteiger partial charge < -0.3 is 4.57 Å². The van der Waals surface area contributed by atoms with Crippen LogP contribution in [-0.4, -0.2) is 4.57 Å². The van der Waals surface area contributed by atoms with Gasteiger partial charge in [-0.3, -0.25) is 0 Å². The molecule has 1 heteroatoms. The molecule has 13 rings (SSSR count). The molecule has 0 N–H and O–H groups in total. The summed E-state index contributed by atoms with van der Waals surface area (Å²) in [5.41, 5.74) is 13.4. The first-order valence-electron chi connectivity index (χ1n) is 21.8. The number of benzene rings is 12. The first kappa shape index (κ1) is 35.5. The van der Waals surface area contributed by atoms with Gasteiger partial charge in [0.1, 0.15) is 0 Å². The lowest BCUT2D eigenvalue weighted by Gasteiger charge is -2.22. The summed E-state index contributed by atoms with van der Waals surface area (Å²) in [6.07, 6.45) is 0. The maximum atomic E-state index is 2.45. The fraction of sp³-hybridized carbons (Fsp3) is 0. The molecule has 1 nitrogen and oxygen atoms in total. The molecule has 292 valence electrons. The Kier molecular flexibility index (Phi) is 7.98. The molecule has 0 fully saturated rings. The SMILES string of the molecule is c1ccc(-c2cccc(-c3ccc4c(c3)c3ccccc3n4-c3ccccc3)c2-c2c3ccccc3c(-c3ccc4c5ccccc5c5ccccc5c4c3)c3ccccc23)cc1. The summed E-state index contributed by atoms with van der Waals surface area (Å²) < 4.78 is 2.40. The Labute approximate surface area is 365 Å². The number of aromatic nitrogens is 1. The lowest BCUT2D eigenvalue weighted by molar-refractivity contribution is 1.18. The van der Waals surface area contributed by atoms with Crippen molar-refractivity contribution in [2.75, 3.05) is 0 Å². The molecule has 0 bridgehead atoms. The Morgan fingerprint density at radius 1 is 0.206 bits per heavy atom. The van der Waals surface area contributed by atoms with Crippen molar-refractivity contribution in [3.63, 3.8) is 0 Å². The van der Waals surface area contributed by atoms with Crippen molar-refractivity contribution in [2.45, 2.75) is 0 Å². The van der Waals surface area contributed by atoms with E-state index < -0.39 is 0 Å². The molecule has 1 heterocycles. The average molecular weight is 798 g/mol. The van der Waals surface area contributed by atoms with Crippen molar-refractivity contribution in [3.05, 3.63) is 237 Å². The van der Waals surface area contributed by atoms with Crippen LogP contribution in [0.25, 0.3) is 126 Å². The predicted octanol–water partition coefficient (Wildman–Crippen LogP) is 17.2. The van der Waals surface area contributed by atoms with E-state index in [0.29, 0.717) is 0 Å². The van der Waals surface area contributed by atoms with E-state index in [1.165, 1.54) is 120 Å². The highest BCUT2D eigenvalue weighted by Crippen LogP contribution is 2.50. The second-order valence-corrected chi connectivity index (χ2v) is 16.7. The van der Waals surface area contributed by atoms with Gasteiger partial charge >= 0.3 is 0 Å². The van der Waals surface area contributed by atoms with Gasteiger partial charge in [-0.05, 0) is 135 Å². The van der Waals surface area contributed by atoms with Crippen LogP contribution in [0.15, 0.2) is 237 Å². The monoisotopic (exact) mass is 797 g/mol. The summed E-state index contributed by atoms with van der Waals surface area (Å²) in [6, 6.07) is 87.4. The summed E-state index contributed by atoms with van der Waals surface area (Å²) in [5.74, 6) is 0. The molecule has 12 aromatic carbocycles. The van der Waals surface area contributed by atoms with Gasteiger partial charge in [-0.1, -0.05) is 200 Å². The molecule has 1 aromatic heterocycles. The molecular formula is C62H39N. The molecule has 0 aliphatic heterocycles. The first-order chi connectivity index (χ1) is 31.3. The number of rotatable bonds is 5. The maximum Gasteiger partial charge on any atom is 0.0541 e. The van der Waals surface area contributed by atoms with E-state index in [1.807, 2.05) is 0 Å².